The normalized spacial score (nSPS) is 12.2. The Hall–Kier alpha value is -1.68. The third-order valence-electron chi connectivity index (χ3n) is 2.29. The number of anilines is 1. The number of benzene rings is 1. The highest BCUT2D eigenvalue weighted by Gasteiger charge is 2.09. The zero-order valence-corrected chi connectivity index (χ0v) is 9.49. The van der Waals surface area contributed by atoms with Gasteiger partial charge in [-0.1, -0.05) is 11.6 Å². The van der Waals surface area contributed by atoms with Gasteiger partial charge in [0.05, 0.1) is 12.1 Å². The first-order valence-corrected chi connectivity index (χ1v) is 5.20. The topological polar surface area (TPSA) is 61.2 Å². The van der Waals surface area contributed by atoms with Crippen LogP contribution in [-0.4, -0.2) is 4.57 Å². The second-order valence-electron chi connectivity index (χ2n) is 3.64. The predicted molar refractivity (Wildman–Crippen MR) is 64.5 cm³/mol. The maximum Gasteiger partial charge on any atom is 0.420 e. The first-order chi connectivity index (χ1) is 7.61. The molecule has 2 aromatic rings. The molecule has 4 nitrogen and oxygen atoms in total. The summed E-state index contributed by atoms with van der Waals surface area (Å²) in [6.45, 7) is 2.26. The molecule has 0 spiro atoms. The molecule has 16 heavy (non-hydrogen) atoms. The van der Waals surface area contributed by atoms with E-state index < -0.39 is 5.76 Å². The SMILES string of the molecule is C/C(=C/Cl)Cn1c(=O)oc2cc(N)ccc21. The van der Waals surface area contributed by atoms with Crippen molar-refractivity contribution in [2.75, 3.05) is 5.73 Å². The molecule has 1 aromatic carbocycles. The van der Waals surface area contributed by atoms with Gasteiger partial charge in [0.1, 0.15) is 0 Å². The number of fused-ring (bicyclic) bond motifs is 1. The van der Waals surface area contributed by atoms with Crippen molar-refractivity contribution in [2.24, 2.45) is 0 Å². The molecule has 1 aromatic heterocycles. The Morgan fingerprint density at radius 2 is 2.38 bits per heavy atom. The van der Waals surface area contributed by atoms with Crippen LogP contribution in [0.2, 0.25) is 0 Å². The van der Waals surface area contributed by atoms with Gasteiger partial charge < -0.3 is 10.2 Å². The summed E-state index contributed by atoms with van der Waals surface area (Å²) in [5, 5.41) is 0. The highest BCUT2D eigenvalue weighted by Crippen LogP contribution is 2.17. The van der Waals surface area contributed by atoms with E-state index in [4.69, 9.17) is 21.8 Å². The summed E-state index contributed by atoms with van der Waals surface area (Å²) in [5.74, 6) is -0.404. The van der Waals surface area contributed by atoms with Crippen LogP contribution in [0.25, 0.3) is 11.1 Å². The van der Waals surface area contributed by atoms with Crippen molar-refractivity contribution in [3.8, 4) is 0 Å². The van der Waals surface area contributed by atoms with Gasteiger partial charge in [0, 0.05) is 17.3 Å². The zero-order chi connectivity index (χ0) is 11.7. The van der Waals surface area contributed by atoms with Crippen LogP contribution in [0.5, 0.6) is 0 Å². The number of hydrogen-bond donors (Lipinski definition) is 1. The van der Waals surface area contributed by atoms with Crippen molar-refractivity contribution in [1.82, 2.24) is 4.57 Å². The lowest BCUT2D eigenvalue weighted by Crippen LogP contribution is -2.14. The van der Waals surface area contributed by atoms with Gasteiger partial charge in [0.2, 0.25) is 0 Å². The van der Waals surface area contributed by atoms with E-state index in [2.05, 4.69) is 0 Å². The number of nitrogen functional groups attached to an aromatic ring is 1. The molecule has 0 atom stereocenters. The first-order valence-electron chi connectivity index (χ1n) is 4.76. The number of halogens is 1. The lowest BCUT2D eigenvalue weighted by Gasteiger charge is -2.01. The van der Waals surface area contributed by atoms with Crippen LogP contribution in [-0.2, 0) is 6.54 Å². The third-order valence-corrected chi connectivity index (χ3v) is 2.66. The smallest absolute Gasteiger partial charge is 0.408 e. The molecular formula is C11H11ClN2O2. The summed E-state index contributed by atoms with van der Waals surface area (Å²) < 4.78 is 6.60. The summed E-state index contributed by atoms with van der Waals surface area (Å²) in [4.78, 5) is 11.6. The Labute approximate surface area is 96.9 Å². The van der Waals surface area contributed by atoms with Crippen molar-refractivity contribution in [2.45, 2.75) is 13.5 Å². The standard InChI is InChI=1S/C11H11ClN2O2/c1-7(5-12)6-14-9-3-2-8(13)4-10(9)16-11(14)15/h2-5H,6,13H2,1H3/b7-5-. The molecule has 0 aliphatic heterocycles. The monoisotopic (exact) mass is 238 g/mol. The van der Waals surface area contributed by atoms with Crippen molar-refractivity contribution in [3.63, 3.8) is 0 Å². The Morgan fingerprint density at radius 1 is 1.62 bits per heavy atom. The summed E-state index contributed by atoms with van der Waals surface area (Å²) in [5.41, 5.74) is 9.71. The van der Waals surface area contributed by atoms with Crippen molar-refractivity contribution in [1.29, 1.82) is 0 Å². The van der Waals surface area contributed by atoms with Gasteiger partial charge in [-0.2, -0.15) is 0 Å². The lowest BCUT2D eigenvalue weighted by atomic mass is 10.3. The molecule has 1 heterocycles. The number of nitrogens with two attached hydrogens (primary N) is 1. The molecule has 0 amide bonds. The highest BCUT2D eigenvalue weighted by molar-refractivity contribution is 6.25. The van der Waals surface area contributed by atoms with Crippen LogP contribution in [0.15, 0.2) is 38.5 Å². The average Bonchev–Trinajstić information content (AvgIpc) is 2.54. The molecule has 0 aliphatic rings. The predicted octanol–water partition coefficient (Wildman–Crippen LogP) is 2.32. The van der Waals surface area contributed by atoms with Crippen molar-refractivity contribution >= 4 is 28.4 Å². The van der Waals surface area contributed by atoms with Gasteiger partial charge in [-0.25, -0.2) is 4.79 Å². The molecule has 0 aliphatic carbocycles. The van der Waals surface area contributed by atoms with Gasteiger partial charge in [-0.15, -0.1) is 0 Å². The number of oxazole rings is 1. The Balaban J connectivity index is 2.61. The second-order valence-corrected chi connectivity index (χ2v) is 3.85. The van der Waals surface area contributed by atoms with E-state index in [1.54, 1.807) is 18.2 Å². The van der Waals surface area contributed by atoms with E-state index in [-0.39, 0.29) is 0 Å². The van der Waals surface area contributed by atoms with E-state index in [1.807, 2.05) is 6.92 Å². The fourth-order valence-electron chi connectivity index (χ4n) is 1.52. The highest BCUT2D eigenvalue weighted by atomic mass is 35.5. The number of nitrogens with zero attached hydrogens (tertiary/aromatic N) is 1. The van der Waals surface area contributed by atoms with E-state index in [0.29, 0.717) is 17.8 Å². The van der Waals surface area contributed by atoms with Gasteiger partial charge in [0.25, 0.3) is 0 Å². The van der Waals surface area contributed by atoms with Gasteiger partial charge in [-0.05, 0) is 24.6 Å². The van der Waals surface area contributed by atoms with Gasteiger partial charge >= 0.3 is 5.76 Å². The Bertz CT molecular complexity index is 610. The van der Waals surface area contributed by atoms with Crippen molar-refractivity contribution in [3.05, 3.63) is 39.9 Å². The minimum atomic E-state index is -0.404. The number of rotatable bonds is 2. The van der Waals surface area contributed by atoms with E-state index in [9.17, 15) is 4.79 Å². The van der Waals surface area contributed by atoms with Crippen molar-refractivity contribution < 1.29 is 4.42 Å². The molecule has 0 radical (unpaired) electrons. The molecule has 2 rings (SSSR count). The van der Waals surface area contributed by atoms with Crippen LogP contribution >= 0.6 is 11.6 Å². The van der Waals surface area contributed by atoms with Crippen LogP contribution in [0.4, 0.5) is 5.69 Å². The first kappa shape index (κ1) is 10.8. The van der Waals surface area contributed by atoms with E-state index in [0.717, 1.165) is 11.1 Å². The molecule has 0 saturated carbocycles. The fraction of sp³-hybridized carbons (Fsp3) is 0.182. The maximum absolute atomic E-state index is 11.6. The number of allylic oxidation sites excluding steroid dienone is 1. The largest absolute Gasteiger partial charge is 0.420 e. The van der Waals surface area contributed by atoms with Crippen LogP contribution in [0, 0.1) is 0 Å². The lowest BCUT2D eigenvalue weighted by molar-refractivity contribution is 0.516. The molecule has 5 heteroatoms. The maximum atomic E-state index is 11.6. The third kappa shape index (κ3) is 1.84. The quantitative estimate of drug-likeness (QED) is 0.817. The van der Waals surface area contributed by atoms with E-state index >= 15 is 0 Å². The Kier molecular flexibility index (Phi) is 2.75. The average molecular weight is 239 g/mol. The summed E-state index contributed by atoms with van der Waals surface area (Å²) in [7, 11) is 0. The van der Waals surface area contributed by atoms with Gasteiger partial charge in [0.15, 0.2) is 5.58 Å². The summed E-state index contributed by atoms with van der Waals surface area (Å²) in [6, 6.07) is 5.12. The molecule has 2 N–H and O–H groups in total. The second kappa shape index (κ2) is 4.06. The van der Waals surface area contributed by atoms with E-state index in [1.165, 1.54) is 10.1 Å². The molecule has 0 fully saturated rings. The molecule has 0 saturated heterocycles. The molecule has 84 valence electrons. The minimum absolute atomic E-state index is 0.404. The molecular weight excluding hydrogens is 228 g/mol. The minimum Gasteiger partial charge on any atom is -0.408 e. The summed E-state index contributed by atoms with van der Waals surface area (Å²) in [6.07, 6.45) is 0. The Morgan fingerprint density at radius 3 is 3.06 bits per heavy atom. The number of hydrogen-bond acceptors (Lipinski definition) is 3. The molecule has 0 unspecified atom stereocenters. The van der Waals surface area contributed by atoms with Crippen LogP contribution < -0.4 is 11.5 Å². The zero-order valence-electron chi connectivity index (χ0n) is 8.74. The molecule has 0 bridgehead atoms. The van der Waals surface area contributed by atoms with Gasteiger partial charge in [-0.3, -0.25) is 4.57 Å². The summed E-state index contributed by atoms with van der Waals surface area (Å²) >= 11 is 5.57. The van der Waals surface area contributed by atoms with Crippen LogP contribution in [0.3, 0.4) is 0 Å². The van der Waals surface area contributed by atoms with Crippen LogP contribution in [0.1, 0.15) is 6.92 Å². The fourth-order valence-corrected chi connectivity index (χ4v) is 1.59. The number of aromatic nitrogens is 1.